The van der Waals surface area contributed by atoms with Gasteiger partial charge in [0.2, 0.25) is 0 Å². The Kier molecular flexibility index (Phi) is 11.7. The maximum absolute atomic E-state index is 14.4. The van der Waals surface area contributed by atoms with Crippen molar-refractivity contribution in [3.05, 3.63) is 151 Å². The molecule has 6 rings (SSSR count). The van der Waals surface area contributed by atoms with Gasteiger partial charge in [-0.3, -0.25) is 4.79 Å². The highest BCUT2D eigenvalue weighted by Crippen LogP contribution is 2.43. The Bertz CT molecular complexity index is 1850. The van der Waals surface area contributed by atoms with E-state index in [-0.39, 0.29) is 31.3 Å². The molecule has 1 aliphatic heterocycles. The number of nitrogens with one attached hydrogen (secondary N) is 1. The lowest BCUT2D eigenvalue weighted by atomic mass is 9.94. The van der Waals surface area contributed by atoms with Crippen molar-refractivity contribution in [2.45, 2.75) is 70.7 Å². The number of rotatable bonds is 14. The molecular formula is C43H47FN2O4. The van der Waals surface area contributed by atoms with E-state index in [1.807, 2.05) is 78.9 Å². The average molecular weight is 675 g/mol. The van der Waals surface area contributed by atoms with Crippen LogP contribution in [0.1, 0.15) is 62.1 Å². The van der Waals surface area contributed by atoms with Crippen LogP contribution in [0.5, 0.6) is 0 Å². The summed E-state index contributed by atoms with van der Waals surface area (Å²) in [7, 11) is 0. The van der Waals surface area contributed by atoms with Crippen molar-refractivity contribution in [1.82, 2.24) is 4.57 Å². The predicted octanol–water partition coefficient (Wildman–Crippen LogP) is 10.3. The maximum Gasteiger partial charge on any atom is 0.258 e. The Morgan fingerprint density at radius 3 is 2.24 bits per heavy atom. The van der Waals surface area contributed by atoms with E-state index in [2.05, 4.69) is 42.4 Å². The summed E-state index contributed by atoms with van der Waals surface area (Å²) in [6.45, 7) is 9.48. The second kappa shape index (κ2) is 16.7. The Labute approximate surface area is 296 Å². The summed E-state index contributed by atoms with van der Waals surface area (Å²) >= 11 is 0. The lowest BCUT2D eigenvalue weighted by molar-refractivity contribution is -0.220. The standard InChI is InChI=1S/C43H45FN2O4.H2/c1-4-26-48-38-28-37(49-29-31-14-8-5-9-15-31)27-36(50-38)24-25-46-41(30(2)3)40(43(47)45-35-18-12-7-13-19-35)39(32-16-10-6-11-17-32)42(46)33-20-22-34(44)23-21-33;/h4-23,30,36-38H,1,24-29H2,2-3H3,(H,45,47);1H/t36-,37?,38?;/m1./s1. The number of halogens is 1. The first-order valence-electron chi connectivity index (χ1n) is 17.4. The number of hydrogen-bond donors (Lipinski definition) is 1. The first-order chi connectivity index (χ1) is 24.4. The first kappa shape index (κ1) is 35.0. The van der Waals surface area contributed by atoms with E-state index in [1.54, 1.807) is 18.2 Å². The Hall–Kier alpha value is -4.82. The van der Waals surface area contributed by atoms with Crippen LogP contribution >= 0.6 is 0 Å². The quantitative estimate of drug-likeness (QED) is 0.119. The van der Waals surface area contributed by atoms with E-state index < -0.39 is 6.29 Å². The molecule has 1 aliphatic rings. The summed E-state index contributed by atoms with van der Waals surface area (Å²) in [6.07, 6.45) is 3.06. The summed E-state index contributed by atoms with van der Waals surface area (Å²) in [4.78, 5) is 14.4. The minimum Gasteiger partial charge on any atom is -0.373 e. The van der Waals surface area contributed by atoms with E-state index in [0.717, 1.165) is 33.6 Å². The number of amides is 1. The van der Waals surface area contributed by atoms with Gasteiger partial charge in [-0.1, -0.05) is 98.8 Å². The number of ether oxygens (including phenoxy) is 3. The van der Waals surface area contributed by atoms with Gasteiger partial charge in [-0.2, -0.15) is 0 Å². The van der Waals surface area contributed by atoms with E-state index in [0.29, 0.717) is 50.3 Å². The maximum atomic E-state index is 14.4. The van der Waals surface area contributed by atoms with Crippen molar-refractivity contribution >= 4 is 11.6 Å². The number of nitrogens with zero attached hydrogens (tertiary/aromatic N) is 1. The SMILES string of the molecule is C=CCOC1CC(OCc2ccccc2)C[C@@H](CCn2c(-c3ccc(F)cc3)c(-c3ccccc3)c(C(=O)Nc3ccccc3)c2C(C)C)O1.[HH]. The second-order valence-electron chi connectivity index (χ2n) is 13.0. The van der Waals surface area contributed by atoms with Gasteiger partial charge in [0.25, 0.3) is 5.91 Å². The van der Waals surface area contributed by atoms with Crippen LogP contribution in [0.25, 0.3) is 22.4 Å². The summed E-state index contributed by atoms with van der Waals surface area (Å²) in [5, 5.41) is 3.15. The van der Waals surface area contributed by atoms with E-state index in [9.17, 15) is 9.18 Å². The fourth-order valence-electron chi connectivity index (χ4n) is 6.80. The molecule has 3 atom stereocenters. The van der Waals surface area contributed by atoms with Gasteiger partial charge in [-0.25, -0.2) is 4.39 Å². The van der Waals surface area contributed by atoms with Gasteiger partial charge in [-0.15, -0.1) is 6.58 Å². The molecule has 2 unspecified atom stereocenters. The normalized spacial score (nSPS) is 17.5. The number of anilines is 1. The molecule has 1 fully saturated rings. The highest BCUT2D eigenvalue weighted by atomic mass is 19.1. The molecule has 0 bridgehead atoms. The fourth-order valence-corrected chi connectivity index (χ4v) is 6.80. The van der Waals surface area contributed by atoms with Crippen LogP contribution in [0.2, 0.25) is 0 Å². The lowest BCUT2D eigenvalue weighted by Crippen LogP contribution is -2.39. The third-order valence-electron chi connectivity index (χ3n) is 9.02. The third kappa shape index (κ3) is 8.48. The molecule has 6 nitrogen and oxygen atoms in total. The van der Waals surface area contributed by atoms with Crippen molar-refractivity contribution in [1.29, 1.82) is 0 Å². The molecule has 0 spiro atoms. The van der Waals surface area contributed by atoms with Crippen LogP contribution in [0.3, 0.4) is 0 Å². The monoisotopic (exact) mass is 674 g/mol. The van der Waals surface area contributed by atoms with E-state index >= 15 is 0 Å². The van der Waals surface area contributed by atoms with Gasteiger partial charge in [0, 0.05) is 37.8 Å². The van der Waals surface area contributed by atoms with Gasteiger partial charge < -0.3 is 24.1 Å². The molecule has 1 saturated heterocycles. The molecule has 0 saturated carbocycles. The van der Waals surface area contributed by atoms with Gasteiger partial charge in [-0.05, 0) is 65.4 Å². The van der Waals surface area contributed by atoms with E-state index in [4.69, 9.17) is 14.2 Å². The summed E-state index contributed by atoms with van der Waals surface area (Å²) in [5.41, 5.74) is 6.76. The molecule has 2 heterocycles. The zero-order valence-corrected chi connectivity index (χ0v) is 28.8. The number of carbonyl (C=O) groups is 1. The number of para-hydroxylation sites is 1. The summed E-state index contributed by atoms with van der Waals surface area (Å²) in [5.74, 6) is -0.523. The van der Waals surface area contributed by atoms with Crippen LogP contribution < -0.4 is 5.32 Å². The van der Waals surface area contributed by atoms with Crippen LogP contribution in [-0.2, 0) is 27.4 Å². The number of benzene rings is 4. The summed E-state index contributed by atoms with van der Waals surface area (Å²) in [6, 6.07) is 36.1. The highest BCUT2D eigenvalue weighted by molar-refractivity contribution is 6.12. The molecule has 1 amide bonds. The largest absolute Gasteiger partial charge is 0.373 e. The molecule has 0 radical (unpaired) electrons. The topological polar surface area (TPSA) is 61.7 Å². The average Bonchev–Trinajstić information content (AvgIpc) is 3.49. The van der Waals surface area contributed by atoms with Gasteiger partial charge in [0.05, 0.1) is 36.7 Å². The summed E-state index contributed by atoms with van der Waals surface area (Å²) < 4.78 is 35.5. The third-order valence-corrected chi connectivity index (χ3v) is 9.02. The molecule has 7 heteroatoms. The fraction of sp³-hybridized carbons (Fsp3) is 0.279. The Morgan fingerprint density at radius 2 is 1.58 bits per heavy atom. The van der Waals surface area contributed by atoms with Crippen LogP contribution in [0, 0.1) is 5.82 Å². The molecule has 50 heavy (non-hydrogen) atoms. The van der Waals surface area contributed by atoms with Crippen LogP contribution in [0.15, 0.2) is 128 Å². The zero-order chi connectivity index (χ0) is 34.9. The molecule has 5 aromatic rings. The minimum absolute atomic E-state index is 0. The predicted molar refractivity (Wildman–Crippen MR) is 200 cm³/mol. The van der Waals surface area contributed by atoms with E-state index in [1.165, 1.54) is 12.1 Å². The van der Waals surface area contributed by atoms with Gasteiger partial charge >= 0.3 is 0 Å². The van der Waals surface area contributed by atoms with Crippen molar-refractivity contribution in [2.75, 3.05) is 11.9 Å². The second-order valence-corrected chi connectivity index (χ2v) is 13.0. The smallest absolute Gasteiger partial charge is 0.258 e. The molecule has 1 N–H and O–H groups in total. The number of aromatic nitrogens is 1. The van der Waals surface area contributed by atoms with Crippen molar-refractivity contribution in [2.24, 2.45) is 0 Å². The number of hydrogen-bond acceptors (Lipinski definition) is 4. The zero-order valence-electron chi connectivity index (χ0n) is 28.8. The Morgan fingerprint density at radius 1 is 0.920 bits per heavy atom. The molecule has 260 valence electrons. The number of carbonyl (C=O) groups excluding carboxylic acids is 1. The van der Waals surface area contributed by atoms with Crippen molar-refractivity contribution in [3.63, 3.8) is 0 Å². The molecule has 1 aromatic heterocycles. The van der Waals surface area contributed by atoms with Crippen LogP contribution in [0.4, 0.5) is 10.1 Å². The van der Waals surface area contributed by atoms with Gasteiger partial charge in [0.15, 0.2) is 6.29 Å². The molecule has 4 aromatic carbocycles. The van der Waals surface area contributed by atoms with Crippen LogP contribution in [-0.4, -0.2) is 35.6 Å². The molecular weight excluding hydrogens is 627 g/mol. The first-order valence-corrected chi connectivity index (χ1v) is 17.4. The molecule has 0 aliphatic carbocycles. The lowest BCUT2D eigenvalue weighted by Gasteiger charge is -2.35. The minimum atomic E-state index is -0.426. The van der Waals surface area contributed by atoms with Gasteiger partial charge in [0.1, 0.15) is 5.82 Å². The Balaban J connectivity index is 0.00000504. The van der Waals surface area contributed by atoms with Crippen molar-refractivity contribution < 1.29 is 24.8 Å². The van der Waals surface area contributed by atoms with Crippen molar-refractivity contribution in [3.8, 4) is 22.4 Å². The highest BCUT2D eigenvalue weighted by Gasteiger charge is 2.34.